The van der Waals surface area contributed by atoms with E-state index in [1.54, 1.807) is 0 Å². The highest BCUT2D eigenvalue weighted by Crippen LogP contribution is 2.07. The Hall–Kier alpha value is -0.0400. The zero-order valence-corrected chi connectivity index (χ0v) is 7.45. The van der Waals surface area contributed by atoms with Crippen LogP contribution in [0.5, 0.6) is 0 Å². The molecule has 0 aliphatic carbocycles. The van der Waals surface area contributed by atoms with Gasteiger partial charge in [0.05, 0.1) is 0 Å². The maximum absolute atomic E-state index is 3.63. The van der Waals surface area contributed by atoms with Gasteiger partial charge in [-0.3, -0.25) is 0 Å². The first-order valence-electron chi connectivity index (χ1n) is 3.21. The van der Waals surface area contributed by atoms with E-state index in [0.717, 1.165) is 5.33 Å². The molecule has 0 spiro atoms. The smallest absolute Gasteiger partial charge is 0.0244 e. The molecule has 0 bridgehead atoms. The Morgan fingerprint density at radius 3 is 2.67 bits per heavy atom. The summed E-state index contributed by atoms with van der Waals surface area (Å²) in [6.45, 7) is 5.81. The van der Waals surface area contributed by atoms with Gasteiger partial charge < -0.3 is 0 Å². The van der Waals surface area contributed by atoms with Gasteiger partial charge in [-0.05, 0) is 6.42 Å². The fraction of sp³-hybridized carbons (Fsp3) is 0.500. The minimum Gasteiger partial charge on any atom is -0.0991 e. The molecule has 0 unspecified atom stereocenters. The van der Waals surface area contributed by atoms with E-state index in [0.29, 0.717) is 0 Å². The minimum atomic E-state index is 0.979. The lowest BCUT2D eigenvalue weighted by atomic mass is 10.2. The molecule has 0 nitrogen and oxygen atoms in total. The first-order valence-corrected chi connectivity index (χ1v) is 4.33. The van der Waals surface area contributed by atoms with Crippen LogP contribution in [0.1, 0.15) is 19.8 Å². The summed E-state index contributed by atoms with van der Waals surface area (Å²) < 4.78 is 0. The van der Waals surface area contributed by atoms with Crippen molar-refractivity contribution in [2.24, 2.45) is 0 Å². The van der Waals surface area contributed by atoms with E-state index in [-0.39, 0.29) is 0 Å². The van der Waals surface area contributed by atoms with Crippen LogP contribution in [0.15, 0.2) is 24.3 Å². The molecule has 0 saturated heterocycles. The third-order valence-electron chi connectivity index (χ3n) is 1.10. The predicted octanol–water partition coefficient (Wildman–Crippen LogP) is 3.29. The van der Waals surface area contributed by atoms with Gasteiger partial charge in [-0.25, -0.2) is 0 Å². The molecule has 0 aromatic heterocycles. The van der Waals surface area contributed by atoms with Crippen molar-refractivity contribution in [2.45, 2.75) is 19.8 Å². The quantitative estimate of drug-likeness (QED) is 0.470. The number of hydrogen-bond acceptors (Lipinski definition) is 0. The first-order chi connectivity index (χ1) is 4.35. The lowest BCUT2D eigenvalue weighted by Crippen LogP contribution is -1.81. The van der Waals surface area contributed by atoms with Crippen LogP contribution in [0.3, 0.4) is 0 Å². The molecule has 0 aliphatic rings. The Labute approximate surface area is 65.8 Å². The maximum atomic E-state index is 3.63. The van der Waals surface area contributed by atoms with E-state index < -0.39 is 0 Å². The van der Waals surface area contributed by atoms with Crippen LogP contribution < -0.4 is 0 Å². The molecule has 0 aromatic rings. The van der Waals surface area contributed by atoms with Gasteiger partial charge in [0.1, 0.15) is 0 Å². The summed E-state index contributed by atoms with van der Waals surface area (Å²) in [5.41, 5.74) is 1.42. The molecule has 0 heterocycles. The summed E-state index contributed by atoms with van der Waals surface area (Å²) in [6, 6.07) is 0. The molecular weight excluding hydrogens is 176 g/mol. The molecule has 0 radical (unpaired) electrons. The summed E-state index contributed by atoms with van der Waals surface area (Å²) in [6.07, 6.45) is 6.30. The standard InChI is InChI=1S/C8H13Br/c1-3-5-8(7-9)6-4-2/h3,5H,1,4,6-7H2,2H3/b8-5+. The van der Waals surface area contributed by atoms with Crippen LogP contribution in [0.25, 0.3) is 0 Å². The third kappa shape index (κ3) is 4.46. The van der Waals surface area contributed by atoms with Gasteiger partial charge >= 0.3 is 0 Å². The molecular formula is C8H13Br. The van der Waals surface area contributed by atoms with Gasteiger partial charge in [-0.2, -0.15) is 0 Å². The molecule has 0 amide bonds. The van der Waals surface area contributed by atoms with Gasteiger partial charge in [0.2, 0.25) is 0 Å². The fourth-order valence-electron chi connectivity index (χ4n) is 0.682. The fourth-order valence-corrected chi connectivity index (χ4v) is 1.15. The van der Waals surface area contributed by atoms with E-state index in [2.05, 4.69) is 35.5 Å². The lowest BCUT2D eigenvalue weighted by molar-refractivity contribution is 0.911. The van der Waals surface area contributed by atoms with Crippen LogP contribution in [0, 0.1) is 0 Å². The average Bonchev–Trinajstić information content (AvgIpc) is 1.88. The van der Waals surface area contributed by atoms with Crippen LogP contribution in [-0.4, -0.2) is 5.33 Å². The highest BCUT2D eigenvalue weighted by molar-refractivity contribution is 9.09. The molecule has 0 fully saturated rings. The van der Waals surface area contributed by atoms with Gasteiger partial charge in [0, 0.05) is 5.33 Å². The van der Waals surface area contributed by atoms with Crippen LogP contribution in [-0.2, 0) is 0 Å². The highest BCUT2D eigenvalue weighted by Gasteiger charge is 1.88. The second-order valence-corrected chi connectivity index (χ2v) is 2.50. The number of halogens is 1. The van der Waals surface area contributed by atoms with Crippen molar-refractivity contribution in [3.8, 4) is 0 Å². The SMILES string of the molecule is C=C/C=C(/CBr)CCC. The van der Waals surface area contributed by atoms with Gasteiger partial charge in [0.25, 0.3) is 0 Å². The molecule has 1 heteroatoms. The van der Waals surface area contributed by atoms with Gasteiger partial charge in [-0.15, -0.1) is 0 Å². The molecule has 0 rings (SSSR count). The van der Waals surface area contributed by atoms with Gasteiger partial charge in [-0.1, -0.05) is 53.6 Å². The molecule has 52 valence electrons. The van der Waals surface area contributed by atoms with E-state index in [1.807, 2.05) is 6.08 Å². The van der Waals surface area contributed by atoms with Crippen molar-refractivity contribution < 1.29 is 0 Å². The second-order valence-electron chi connectivity index (χ2n) is 1.94. The number of allylic oxidation sites excluding steroid dienone is 3. The Bertz CT molecular complexity index is 103. The normalized spacial score (nSPS) is 11.6. The molecule has 0 N–H and O–H groups in total. The highest BCUT2D eigenvalue weighted by atomic mass is 79.9. The number of alkyl halides is 1. The van der Waals surface area contributed by atoms with Gasteiger partial charge in [0.15, 0.2) is 0 Å². The lowest BCUT2D eigenvalue weighted by Gasteiger charge is -1.96. The van der Waals surface area contributed by atoms with Crippen molar-refractivity contribution in [1.29, 1.82) is 0 Å². The summed E-state index contributed by atoms with van der Waals surface area (Å²) in [5, 5.41) is 0.979. The zero-order chi connectivity index (χ0) is 7.11. The summed E-state index contributed by atoms with van der Waals surface area (Å²) in [4.78, 5) is 0. The molecule has 0 aromatic carbocycles. The number of rotatable bonds is 4. The molecule has 0 aliphatic heterocycles. The molecule has 0 saturated carbocycles. The number of hydrogen-bond donors (Lipinski definition) is 0. The molecule has 0 atom stereocenters. The summed E-state index contributed by atoms with van der Waals surface area (Å²) >= 11 is 3.40. The van der Waals surface area contributed by atoms with E-state index >= 15 is 0 Å². The summed E-state index contributed by atoms with van der Waals surface area (Å²) in [5.74, 6) is 0. The van der Waals surface area contributed by atoms with E-state index in [1.165, 1.54) is 18.4 Å². The van der Waals surface area contributed by atoms with Crippen molar-refractivity contribution >= 4 is 15.9 Å². The monoisotopic (exact) mass is 188 g/mol. The predicted molar refractivity (Wildman–Crippen MR) is 47.0 cm³/mol. The van der Waals surface area contributed by atoms with Crippen molar-refractivity contribution in [3.63, 3.8) is 0 Å². The Morgan fingerprint density at radius 2 is 2.33 bits per heavy atom. The van der Waals surface area contributed by atoms with Crippen LogP contribution >= 0.6 is 15.9 Å². The topological polar surface area (TPSA) is 0 Å². The first kappa shape index (κ1) is 8.96. The van der Waals surface area contributed by atoms with Crippen molar-refractivity contribution in [1.82, 2.24) is 0 Å². The average molecular weight is 189 g/mol. The minimum absolute atomic E-state index is 0.979. The van der Waals surface area contributed by atoms with Crippen molar-refractivity contribution in [2.75, 3.05) is 5.33 Å². The van der Waals surface area contributed by atoms with Crippen LogP contribution in [0.4, 0.5) is 0 Å². The zero-order valence-electron chi connectivity index (χ0n) is 5.86. The van der Waals surface area contributed by atoms with E-state index in [9.17, 15) is 0 Å². The second kappa shape index (κ2) is 6.09. The third-order valence-corrected chi connectivity index (χ3v) is 1.82. The largest absolute Gasteiger partial charge is 0.0991 e. The Kier molecular flexibility index (Phi) is 6.06. The Morgan fingerprint density at radius 1 is 1.67 bits per heavy atom. The van der Waals surface area contributed by atoms with Crippen LogP contribution in [0.2, 0.25) is 0 Å². The maximum Gasteiger partial charge on any atom is 0.0244 e. The Balaban J connectivity index is 3.66. The molecule has 9 heavy (non-hydrogen) atoms. The van der Waals surface area contributed by atoms with E-state index in [4.69, 9.17) is 0 Å². The van der Waals surface area contributed by atoms with Crippen molar-refractivity contribution in [3.05, 3.63) is 24.3 Å². The summed E-state index contributed by atoms with van der Waals surface area (Å²) in [7, 11) is 0.